The Morgan fingerprint density at radius 1 is 1.00 bits per heavy atom. The number of carboxylic acid groups (broad SMARTS) is 1. The number of carbonyl (C=O) groups excluding carboxylic acids is 1. The second-order valence-corrected chi connectivity index (χ2v) is 8.50. The van der Waals surface area contributed by atoms with Gasteiger partial charge in [-0.05, 0) is 74.1 Å². The molecule has 1 heterocycles. The molecule has 2 aromatic carbocycles. The van der Waals surface area contributed by atoms with E-state index in [9.17, 15) is 9.59 Å². The number of aliphatic carboxylic acids is 1. The molecule has 2 atom stereocenters. The predicted octanol–water partition coefficient (Wildman–Crippen LogP) is 6.21. The number of ether oxygens (including phenoxy) is 1. The predicted molar refractivity (Wildman–Crippen MR) is 137 cm³/mol. The van der Waals surface area contributed by atoms with Crippen LogP contribution in [-0.2, 0) is 11.3 Å². The Hall–Kier alpha value is -3.67. The van der Waals surface area contributed by atoms with Crippen LogP contribution in [0.2, 0.25) is 0 Å². The molecule has 0 aliphatic carbocycles. The van der Waals surface area contributed by atoms with Crippen LogP contribution in [0.15, 0.2) is 73.1 Å². The molecule has 0 fully saturated rings. The van der Waals surface area contributed by atoms with Gasteiger partial charge < -0.3 is 14.7 Å². The number of unbranched alkanes of at least 4 members (excludes halogenated alkanes) is 2. The smallest absolute Gasteiger partial charge is 0.303 e. The van der Waals surface area contributed by atoms with E-state index in [-0.39, 0.29) is 18.4 Å². The number of rotatable bonds is 13. The summed E-state index contributed by atoms with van der Waals surface area (Å²) in [6.45, 7) is 3.45. The number of nitrogens with zero attached hydrogens (tertiary/aromatic N) is 2. The summed E-state index contributed by atoms with van der Waals surface area (Å²) < 4.78 is 15.0. The van der Waals surface area contributed by atoms with Gasteiger partial charge in [0.15, 0.2) is 0 Å². The van der Waals surface area contributed by atoms with Crippen LogP contribution in [0.4, 0.5) is 0 Å². The molecule has 2 unspecified atom stereocenters. The molecule has 0 radical (unpaired) electrons. The van der Waals surface area contributed by atoms with Crippen molar-refractivity contribution in [3.05, 3.63) is 84.2 Å². The van der Waals surface area contributed by atoms with Crippen LogP contribution in [0.3, 0.4) is 0 Å². The number of para-hydroxylation sites is 1. The van der Waals surface area contributed by atoms with E-state index in [2.05, 4.69) is 4.98 Å². The van der Waals surface area contributed by atoms with Crippen LogP contribution in [0.1, 0.15) is 63.2 Å². The fourth-order valence-corrected chi connectivity index (χ4v) is 3.69. The summed E-state index contributed by atoms with van der Waals surface area (Å²) in [5.41, 5.74) is 3.18. The Balaban J connectivity index is 1.75. The van der Waals surface area contributed by atoms with Crippen LogP contribution >= 0.6 is 0 Å². The van der Waals surface area contributed by atoms with Gasteiger partial charge in [0.2, 0.25) is 0 Å². The van der Waals surface area contributed by atoms with Gasteiger partial charge in [0.1, 0.15) is 5.75 Å². The van der Waals surface area contributed by atoms with Crippen LogP contribution in [-0.4, -0.2) is 39.5 Å². The zero-order chi connectivity index (χ0) is 25.9. The highest BCUT2D eigenvalue weighted by Gasteiger charge is 2.22. The molecule has 1 amide bonds. The van der Waals surface area contributed by atoms with E-state index in [1.807, 2.05) is 62.4 Å². The summed E-state index contributed by atoms with van der Waals surface area (Å²) in [5.74, 6) is -0.418. The zero-order valence-electron chi connectivity index (χ0n) is 21.4. The summed E-state index contributed by atoms with van der Waals surface area (Å²) in [6, 6.07) is 18.5. The molecular weight excluding hydrogens is 440 g/mol. The number of carboxylic acids is 1. The Labute approximate surface area is 209 Å². The lowest BCUT2D eigenvalue weighted by Crippen LogP contribution is -2.37. The van der Waals surface area contributed by atoms with Crippen molar-refractivity contribution in [2.24, 2.45) is 0 Å². The van der Waals surface area contributed by atoms with E-state index < -0.39 is 12.5 Å². The lowest BCUT2D eigenvalue weighted by Gasteiger charge is -2.29. The molecule has 3 aromatic rings. The highest BCUT2D eigenvalue weighted by molar-refractivity contribution is 5.95. The molecule has 6 heteroatoms. The lowest BCUT2D eigenvalue weighted by molar-refractivity contribution is -0.137. The Morgan fingerprint density at radius 3 is 2.37 bits per heavy atom. The first-order chi connectivity index (χ1) is 17.4. The number of aromatic nitrogens is 1. The molecule has 35 heavy (non-hydrogen) atoms. The number of hydrogen-bond donors (Lipinski definition) is 1. The average Bonchev–Trinajstić information content (AvgIpc) is 2.91. The maximum Gasteiger partial charge on any atom is 0.303 e. The van der Waals surface area contributed by atoms with Crippen molar-refractivity contribution in [3.63, 3.8) is 0 Å². The standard InChI is InChI=1S/C29H34N2O4/c1-3-22(2)31(29(34)25-14-12-23(13-15-25)24-16-18-30-19-17-24)21-26-9-6-7-10-27(26)35-20-8-4-5-11-28(32)33/h6-7,9-10,12-19,22H,3-5,8,11,20-21H2,1-2H3,(H,32,33)/i21D. The summed E-state index contributed by atoms with van der Waals surface area (Å²) in [4.78, 5) is 29.9. The summed E-state index contributed by atoms with van der Waals surface area (Å²) >= 11 is 0. The van der Waals surface area contributed by atoms with Crippen molar-refractivity contribution in [3.8, 4) is 16.9 Å². The molecule has 184 valence electrons. The summed E-state index contributed by atoms with van der Waals surface area (Å²) in [7, 11) is 0. The third kappa shape index (κ3) is 7.67. The highest BCUT2D eigenvalue weighted by Crippen LogP contribution is 2.25. The normalized spacial score (nSPS) is 12.9. The molecule has 0 aliphatic rings. The molecule has 1 N–H and O–H groups in total. The molecule has 1 aromatic heterocycles. The van der Waals surface area contributed by atoms with Gasteiger partial charge in [-0.15, -0.1) is 0 Å². The van der Waals surface area contributed by atoms with Crippen molar-refractivity contribution in [1.29, 1.82) is 0 Å². The SMILES string of the molecule is [2H]C(c1ccccc1OCCCCCC(=O)O)N(C(=O)c1ccc(-c2ccncc2)cc1)C(C)CC. The number of benzene rings is 2. The molecule has 0 saturated heterocycles. The minimum atomic E-state index is -0.935. The topological polar surface area (TPSA) is 79.7 Å². The maximum atomic E-state index is 13.6. The third-order valence-electron chi connectivity index (χ3n) is 5.94. The molecule has 3 rings (SSSR count). The fourth-order valence-electron chi connectivity index (χ4n) is 3.69. The van der Waals surface area contributed by atoms with Crippen LogP contribution in [0.25, 0.3) is 11.1 Å². The van der Waals surface area contributed by atoms with Crippen LogP contribution in [0.5, 0.6) is 5.75 Å². The Bertz CT molecular complexity index is 1120. The highest BCUT2D eigenvalue weighted by atomic mass is 16.5. The molecule has 6 nitrogen and oxygen atoms in total. The van der Waals surface area contributed by atoms with Crippen molar-refractivity contribution in [1.82, 2.24) is 9.88 Å². The minimum absolute atomic E-state index is 0.149. The molecule has 0 spiro atoms. The largest absolute Gasteiger partial charge is 0.493 e. The van der Waals surface area contributed by atoms with Gasteiger partial charge in [-0.3, -0.25) is 14.6 Å². The quantitative estimate of drug-likeness (QED) is 0.297. The van der Waals surface area contributed by atoms with Crippen LogP contribution < -0.4 is 4.74 Å². The van der Waals surface area contributed by atoms with Gasteiger partial charge in [-0.1, -0.05) is 37.3 Å². The maximum absolute atomic E-state index is 13.6. The number of amides is 1. The average molecular weight is 476 g/mol. The van der Waals surface area contributed by atoms with E-state index in [1.54, 1.807) is 29.4 Å². The zero-order valence-corrected chi connectivity index (χ0v) is 20.4. The van der Waals surface area contributed by atoms with Crippen molar-refractivity contribution in [2.75, 3.05) is 6.61 Å². The van der Waals surface area contributed by atoms with E-state index >= 15 is 0 Å². The first kappa shape index (κ1) is 24.5. The monoisotopic (exact) mass is 475 g/mol. The molecule has 0 bridgehead atoms. The number of hydrogen-bond acceptors (Lipinski definition) is 4. The fraction of sp³-hybridized carbons (Fsp3) is 0.345. The Kier molecular flexibility index (Phi) is 9.28. The van der Waals surface area contributed by atoms with Crippen LogP contribution in [0, 0.1) is 0 Å². The van der Waals surface area contributed by atoms with Crippen molar-refractivity contribution < 1.29 is 20.8 Å². The molecular formula is C29H34N2O4. The lowest BCUT2D eigenvalue weighted by atomic mass is 10.0. The van der Waals surface area contributed by atoms with E-state index in [1.165, 1.54) is 0 Å². The Morgan fingerprint density at radius 2 is 1.69 bits per heavy atom. The third-order valence-corrected chi connectivity index (χ3v) is 5.94. The second-order valence-electron chi connectivity index (χ2n) is 8.50. The van der Waals surface area contributed by atoms with Crippen molar-refractivity contribution >= 4 is 11.9 Å². The van der Waals surface area contributed by atoms with Gasteiger partial charge in [-0.2, -0.15) is 0 Å². The molecule has 0 aliphatic heterocycles. The second kappa shape index (κ2) is 13.3. The van der Waals surface area contributed by atoms with Gasteiger partial charge in [0.05, 0.1) is 7.98 Å². The molecule has 0 saturated carbocycles. The van der Waals surface area contributed by atoms with E-state index in [0.29, 0.717) is 36.3 Å². The summed E-state index contributed by atoms with van der Waals surface area (Å²) in [6.07, 6.45) is 6.42. The first-order valence-corrected chi connectivity index (χ1v) is 12.1. The number of carbonyl (C=O) groups is 2. The summed E-state index contributed by atoms with van der Waals surface area (Å²) in [5, 5.41) is 8.77. The minimum Gasteiger partial charge on any atom is -0.493 e. The van der Waals surface area contributed by atoms with Crippen molar-refractivity contribution in [2.45, 2.75) is 58.5 Å². The van der Waals surface area contributed by atoms with Gasteiger partial charge in [0, 0.05) is 42.5 Å². The van der Waals surface area contributed by atoms with Gasteiger partial charge in [-0.25, -0.2) is 0 Å². The van der Waals surface area contributed by atoms with E-state index in [4.69, 9.17) is 11.2 Å². The van der Waals surface area contributed by atoms with Gasteiger partial charge in [0.25, 0.3) is 5.91 Å². The van der Waals surface area contributed by atoms with Gasteiger partial charge >= 0.3 is 5.97 Å². The van der Waals surface area contributed by atoms with E-state index in [0.717, 1.165) is 24.0 Å². The first-order valence-electron chi connectivity index (χ1n) is 12.7. The number of pyridine rings is 1.